The monoisotopic (exact) mass is 600 g/mol. The molecule has 0 atom stereocenters. The van der Waals surface area contributed by atoms with Gasteiger partial charge in [-0.2, -0.15) is 0 Å². The smallest absolute Gasteiger partial charge is 0.0714 e. The lowest BCUT2D eigenvalue weighted by atomic mass is 9.81. The average Bonchev–Trinajstić information content (AvgIpc) is 3.36. The van der Waals surface area contributed by atoms with E-state index in [0.717, 1.165) is 22.5 Å². The summed E-state index contributed by atoms with van der Waals surface area (Å²) in [6.45, 7) is 4.71. The van der Waals surface area contributed by atoms with Gasteiger partial charge in [0.1, 0.15) is 0 Å². The van der Waals surface area contributed by atoms with Crippen molar-refractivity contribution in [2.75, 3.05) is 0 Å². The number of benzene rings is 6. The van der Waals surface area contributed by atoms with Gasteiger partial charge in [-0.3, -0.25) is 9.97 Å². The largest absolute Gasteiger partial charge is 0.256 e. The van der Waals surface area contributed by atoms with Gasteiger partial charge in [-0.05, 0) is 102 Å². The number of hydrogen-bond donors (Lipinski definition) is 0. The van der Waals surface area contributed by atoms with Gasteiger partial charge in [0.05, 0.1) is 11.4 Å². The lowest BCUT2D eigenvalue weighted by molar-refractivity contribution is 0.661. The van der Waals surface area contributed by atoms with Crippen LogP contribution in [-0.2, 0) is 5.41 Å². The molecule has 222 valence electrons. The van der Waals surface area contributed by atoms with E-state index >= 15 is 0 Å². The summed E-state index contributed by atoms with van der Waals surface area (Å²) in [6.07, 6.45) is 3.88. The van der Waals surface area contributed by atoms with E-state index in [1.54, 1.807) is 0 Å². The molecule has 2 heteroatoms. The van der Waals surface area contributed by atoms with E-state index < -0.39 is 0 Å². The van der Waals surface area contributed by atoms with Crippen molar-refractivity contribution in [1.29, 1.82) is 0 Å². The van der Waals surface area contributed by atoms with E-state index in [-0.39, 0.29) is 5.41 Å². The molecule has 8 aromatic rings. The first-order valence-corrected chi connectivity index (χ1v) is 16.2. The van der Waals surface area contributed by atoms with Crippen molar-refractivity contribution in [2.45, 2.75) is 19.3 Å². The number of fused-ring (bicyclic) bond motifs is 5. The number of hydrogen-bond acceptors (Lipinski definition) is 2. The molecule has 47 heavy (non-hydrogen) atoms. The minimum Gasteiger partial charge on any atom is -0.256 e. The molecular formula is C45H32N2. The summed E-state index contributed by atoms with van der Waals surface area (Å²) in [7, 11) is 0. The topological polar surface area (TPSA) is 25.8 Å². The number of aromatic nitrogens is 2. The first-order chi connectivity index (χ1) is 23.0. The third-order valence-electron chi connectivity index (χ3n) is 9.99. The van der Waals surface area contributed by atoms with Crippen LogP contribution in [0, 0.1) is 0 Å². The highest BCUT2D eigenvalue weighted by Crippen LogP contribution is 2.51. The van der Waals surface area contributed by atoms with Gasteiger partial charge in [-0.15, -0.1) is 0 Å². The Kier molecular flexibility index (Phi) is 6.20. The normalized spacial score (nSPS) is 13.1. The molecule has 6 aromatic carbocycles. The summed E-state index contributed by atoms with van der Waals surface area (Å²) in [6, 6.07) is 52.6. The van der Waals surface area contributed by atoms with Crippen LogP contribution < -0.4 is 0 Å². The fraction of sp³-hybridized carbons (Fsp3) is 0.0667. The molecular weight excluding hydrogens is 569 g/mol. The maximum atomic E-state index is 4.79. The van der Waals surface area contributed by atoms with Gasteiger partial charge in [0.25, 0.3) is 0 Å². The van der Waals surface area contributed by atoms with Crippen LogP contribution >= 0.6 is 0 Å². The fourth-order valence-corrected chi connectivity index (χ4v) is 7.51. The molecule has 1 aliphatic rings. The van der Waals surface area contributed by atoms with Crippen molar-refractivity contribution < 1.29 is 0 Å². The van der Waals surface area contributed by atoms with Crippen molar-refractivity contribution in [3.63, 3.8) is 0 Å². The molecule has 2 nitrogen and oxygen atoms in total. The molecule has 0 saturated heterocycles. The molecule has 0 N–H and O–H groups in total. The Labute approximate surface area is 275 Å². The van der Waals surface area contributed by atoms with Gasteiger partial charge >= 0.3 is 0 Å². The molecule has 0 bridgehead atoms. The van der Waals surface area contributed by atoms with E-state index in [2.05, 4.69) is 159 Å². The Morgan fingerprint density at radius 3 is 1.30 bits per heavy atom. The molecule has 2 heterocycles. The van der Waals surface area contributed by atoms with E-state index in [0.29, 0.717) is 0 Å². The highest BCUT2D eigenvalue weighted by atomic mass is 14.7. The van der Waals surface area contributed by atoms with Crippen molar-refractivity contribution in [1.82, 2.24) is 9.97 Å². The van der Waals surface area contributed by atoms with Crippen LogP contribution in [0.2, 0.25) is 0 Å². The second-order valence-corrected chi connectivity index (χ2v) is 13.1. The van der Waals surface area contributed by atoms with Gasteiger partial charge < -0.3 is 0 Å². The Bertz CT molecular complexity index is 2320. The Balaban J connectivity index is 1.08. The van der Waals surface area contributed by atoms with Crippen molar-refractivity contribution in [2.24, 2.45) is 0 Å². The maximum absolute atomic E-state index is 4.79. The van der Waals surface area contributed by atoms with Crippen LogP contribution in [0.1, 0.15) is 25.0 Å². The zero-order valence-corrected chi connectivity index (χ0v) is 26.4. The zero-order valence-electron chi connectivity index (χ0n) is 26.4. The number of pyridine rings is 2. The van der Waals surface area contributed by atoms with Gasteiger partial charge in [0.2, 0.25) is 0 Å². The summed E-state index contributed by atoms with van der Waals surface area (Å²) in [5.74, 6) is 0. The third-order valence-corrected chi connectivity index (χ3v) is 9.99. The summed E-state index contributed by atoms with van der Waals surface area (Å²) in [4.78, 5) is 9.59. The number of nitrogens with zero attached hydrogens (tertiary/aromatic N) is 2. The van der Waals surface area contributed by atoms with Gasteiger partial charge in [0, 0.05) is 28.9 Å². The van der Waals surface area contributed by atoms with E-state index in [9.17, 15) is 0 Å². The van der Waals surface area contributed by atoms with Crippen LogP contribution in [0.3, 0.4) is 0 Å². The molecule has 0 spiro atoms. The third kappa shape index (κ3) is 4.48. The van der Waals surface area contributed by atoms with Crippen LogP contribution in [0.4, 0.5) is 0 Å². The molecule has 0 saturated carbocycles. The quantitative estimate of drug-likeness (QED) is 0.201. The molecule has 9 rings (SSSR count). The maximum Gasteiger partial charge on any atom is 0.0714 e. The summed E-state index contributed by atoms with van der Waals surface area (Å²) >= 11 is 0. The Morgan fingerprint density at radius 1 is 0.383 bits per heavy atom. The summed E-state index contributed by atoms with van der Waals surface area (Å²) < 4.78 is 0. The predicted octanol–water partition coefficient (Wildman–Crippen LogP) is 11.8. The summed E-state index contributed by atoms with van der Waals surface area (Å²) in [5.41, 5.74) is 14.3. The molecule has 0 radical (unpaired) electrons. The highest BCUT2D eigenvalue weighted by molar-refractivity contribution is 5.97. The second-order valence-electron chi connectivity index (χ2n) is 13.1. The van der Waals surface area contributed by atoms with Crippen molar-refractivity contribution in [3.05, 3.63) is 169 Å². The Hall–Kier alpha value is -5.86. The molecule has 0 amide bonds. The van der Waals surface area contributed by atoms with Crippen LogP contribution in [0.25, 0.3) is 77.4 Å². The molecule has 1 aliphatic carbocycles. The molecule has 0 aliphatic heterocycles. The lowest BCUT2D eigenvalue weighted by Crippen LogP contribution is -2.15. The van der Waals surface area contributed by atoms with E-state index in [1.165, 1.54) is 66.1 Å². The molecule has 0 unspecified atom stereocenters. The van der Waals surface area contributed by atoms with Crippen LogP contribution in [-0.4, -0.2) is 9.97 Å². The van der Waals surface area contributed by atoms with E-state index in [1.807, 2.05) is 12.4 Å². The van der Waals surface area contributed by atoms with Crippen LogP contribution in [0.15, 0.2) is 158 Å². The van der Waals surface area contributed by atoms with Crippen molar-refractivity contribution >= 4 is 21.5 Å². The second kappa shape index (κ2) is 10.6. The highest BCUT2D eigenvalue weighted by Gasteiger charge is 2.36. The first-order valence-electron chi connectivity index (χ1n) is 16.2. The predicted molar refractivity (Wildman–Crippen MR) is 196 cm³/mol. The number of rotatable bonds is 4. The lowest BCUT2D eigenvalue weighted by Gasteiger charge is -2.23. The van der Waals surface area contributed by atoms with Gasteiger partial charge in [-0.1, -0.05) is 123 Å². The van der Waals surface area contributed by atoms with Crippen molar-refractivity contribution in [3.8, 4) is 55.9 Å². The van der Waals surface area contributed by atoms with Gasteiger partial charge in [-0.25, -0.2) is 0 Å². The summed E-state index contributed by atoms with van der Waals surface area (Å²) in [5, 5.41) is 4.90. The van der Waals surface area contributed by atoms with Crippen LogP contribution in [0.5, 0.6) is 0 Å². The zero-order chi connectivity index (χ0) is 31.5. The first kappa shape index (κ1) is 27.5. The molecule has 2 aromatic heterocycles. The SMILES string of the molecule is CC1(C)c2cc(-c3ccnc(-c4cccc5ccccc45)c3)ccc2-c2ccc(-c3ccnc(-c4cccc5ccccc45)c3)cc21. The average molecular weight is 601 g/mol. The minimum absolute atomic E-state index is 0.145. The Morgan fingerprint density at radius 2 is 0.809 bits per heavy atom. The minimum atomic E-state index is -0.145. The fourth-order valence-electron chi connectivity index (χ4n) is 7.51. The molecule has 0 fully saturated rings. The standard InChI is InChI=1S/C45H32N2/c1-45(2)41-25-31(33-21-23-46-43(27-33)39-15-7-11-29-9-3-5-13-35(29)39)17-19-37(41)38-20-18-32(26-42(38)45)34-22-24-47-44(28-34)40-16-8-12-30-10-4-6-14-36(30)40/h3-28H,1-2H3. The van der Waals surface area contributed by atoms with E-state index in [4.69, 9.17) is 9.97 Å². The van der Waals surface area contributed by atoms with Gasteiger partial charge in [0.15, 0.2) is 0 Å².